The molecule has 0 radical (unpaired) electrons. The third kappa shape index (κ3) is 5.39. The summed E-state index contributed by atoms with van der Waals surface area (Å²) in [6.45, 7) is 3.65. The van der Waals surface area contributed by atoms with Crippen LogP contribution in [-0.4, -0.2) is 71.5 Å². The van der Waals surface area contributed by atoms with E-state index >= 15 is 0 Å². The van der Waals surface area contributed by atoms with Crippen molar-refractivity contribution in [3.05, 3.63) is 35.4 Å². The molecule has 1 aromatic carbocycles. The summed E-state index contributed by atoms with van der Waals surface area (Å²) in [5, 5.41) is 0. The molecule has 0 atom stereocenters. The Morgan fingerprint density at radius 1 is 0.575 bits per heavy atom. The van der Waals surface area contributed by atoms with E-state index in [0.717, 1.165) is 24.3 Å². The average Bonchev–Trinajstić information content (AvgIpc) is 2.82. The molecular formula is C21H18F17NO. The van der Waals surface area contributed by atoms with Crippen LogP contribution in [0.3, 0.4) is 0 Å². The second-order valence-electron chi connectivity index (χ2n) is 8.32. The number of benzene rings is 1. The molecule has 40 heavy (non-hydrogen) atoms. The molecule has 0 unspecified atom stereocenters. The van der Waals surface area contributed by atoms with Crippen molar-refractivity contribution in [2.24, 2.45) is 0 Å². The first kappa shape index (κ1) is 35.5. The van der Waals surface area contributed by atoms with E-state index < -0.39 is 71.9 Å². The second-order valence-corrected chi connectivity index (χ2v) is 8.32. The van der Waals surface area contributed by atoms with E-state index in [1.165, 1.54) is 4.90 Å². The number of carbonyl (C=O) groups is 1. The summed E-state index contributed by atoms with van der Waals surface area (Å²) in [6, 6.07) is 3.62. The second kappa shape index (κ2) is 10.7. The van der Waals surface area contributed by atoms with E-state index in [1.54, 1.807) is 13.8 Å². The zero-order chi connectivity index (χ0) is 32.0. The normalized spacial score (nSPS) is 14.9. The third-order valence-electron chi connectivity index (χ3n) is 5.77. The summed E-state index contributed by atoms with van der Waals surface area (Å²) in [6.07, 6.45) is -11.7. The van der Waals surface area contributed by atoms with Gasteiger partial charge in [0.15, 0.2) is 0 Å². The lowest BCUT2D eigenvalue weighted by molar-refractivity contribution is -0.461. The summed E-state index contributed by atoms with van der Waals surface area (Å²) in [5.41, 5.74) is -0.488. The van der Waals surface area contributed by atoms with Gasteiger partial charge in [0.1, 0.15) is 0 Å². The number of aryl methyl sites for hydroxylation is 1. The molecule has 0 N–H and O–H groups in total. The average molecular weight is 623 g/mol. The van der Waals surface area contributed by atoms with Crippen LogP contribution in [0.5, 0.6) is 0 Å². The van der Waals surface area contributed by atoms with Crippen LogP contribution in [0.25, 0.3) is 0 Å². The highest BCUT2D eigenvalue weighted by atomic mass is 19.4. The molecule has 0 saturated carbocycles. The molecule has 232 valence electrons. The maximum atomic E-state index is 14.0. The van der Waals surface area contributed by atoms with Crippen molar-refractivity contribution in [2.75, 3.05) is 13.1 Å². The summed E-state index contributed by atoms with van der Waals surface area (Å²) >= 11 is 0. The van der Waals surface area contributed by atoms with Gasteiger partial charge in [-0.3, -0.25) is 4.79 Å². The van der Waals surface area contributed by atoms with Crippen LogP contribution in [0, 0.1) is 0 Å². The highest BCUT2D eigenvalue weighted by molar-refractivity contribution is 5.94. The van der Waals surface area contributed by atoms with Crippen molar-refractivity contribution < 1.29 is 79.4 Å². The Labute approximate surface area is 214 Å². The van der Waals surface area contributed by atoms with Gasteiger partial charge in [0.2, 0.25) is 0 Å². The summed E-state index contributed by atoms with van der Waals surface area (Å²) in [4.78, 5) is 13.5. The fourth-order valence-electron chi connectivity index (χ4n) is 3.16. The number of rotatable bonds is 12. The quantitative estimate of drug-likeness (QED) is 0.216. The molecule has 0 saturated heterocycles. The fourth-order valence-corrected chi connectivity index (χ4v) is 3.16. The van der Waals surface area contributed by atoms with Gasteiger partial charge < -0.3 is 4.90 Å². The van der Waals surface area contributed by atoms with Gasteiger partial charge in [-0.25, -0.2) is 0 Å². The number of hydrogen-bond acceptors (Lipinski definition) is 1. The van der Waals surface area contributed by atoms with E-state index in [1.807, 2.05) is 0 Å². The minimum atomic E-state index is -8.64. The summed E-state index contributed by atoms with van der Waals surface area (Å²) < 4.78 is 226. The van der Waals surface area contributed by atoms with Crippen molar-refractivity contribution in [1.29, 1.82) is 0 Å². The molecule has 19 heteroatoms. The van der Waals surface area contributed by atoms with Gasteiger partial charge in [0, 0.05) is 25.1 Å². The Morgan fingerprint density at radius 3 is 1.27 bits per heavy atom. The lowest BCUT2D eigenvalue weighted by atomic mass is 9.87. The SMILES string of the molecule is CCN(CC)C(=O)c1ccc(CCC(F)(F)C(F)(F)C(F)(F)C(F)(F)C(F)(F)C(F)(F)C(F)(F)C(F)(F)F)cc1. The third-order valence-corrected chi connectivity index (χ3v) is 5.77. The number of alkyl halides is 17. The summed E-state index contributed by atoms with van der Waals surface area (Å²) in [5.74, 6) is -57.0. The molecule has 0 bridgehead atoms. The van der Waals surface area contributed by atoms with Crippen molar-refractivity contribution in [1.82, 2.24) is 4.90 Å². The van der Waals surface area contributed by atoms with Crippen LogP contribution in [0.1, 0.15) is 36.2 Å². The maximum Gasteiger partial charge on any atom is 0.460 e. The topological polar surface area (TPSA) is 20.3 Å². The van der Waals surface area contributed by atoms with Crippen LogP contribution in [0.2, 0.25) is 0 Å². The monoisotopic (exact) mass is 623 g/mol. The van der Waals surface area contributed by atoms with Crippen LogP contribution in [-0.2, 0) is 6.42 Å². The Hall–Kier alpha value is -2.50. The number of nitrogens with zero attached hydrogens (tertiary/aromatic N) is 1. The Bertz CT molecular complexity index is 1030. The Balaban J connectivity index is 3.34. The van der Waals surface area contributed by atoms with Gasteiger partial charge in [-0.05, 0) is 38.0 Å². The van der Waals surface area contributed by atoms with Crippen LogP contribution in [0.15, 0.2) is 24.3 Å². The van der Waals surface area contributed by atoms with E-state index in [9.17, 15) is 79.4 Å². The maximum absolute atomic E-state index is 14.0. The van der Waals surface area contributed by atoms with Crippen LogP contribution < -0.4 is 0 Å². The minimum absolute atomic E-state index is 0.0606. The molecular weight excluding hydrogens is 605 g/mol. The van der Waals surface area contributed by atoms with Crippen molar-refractivity contribution in [3.8, 4) is 0 Å². The minimum Gasteiger partial charge on any atom is -0.339 e. The largest absolute Gasteiger partial charge is 0.460 e. The van der Waals surface area contributed by atoms with Crippen molar-refractivity contribution >= 4 is 5.91 Å². The molecule has 0 spiro atoms. The number of halogens is 17. The molecule has 1 aromatic rings. The highest BCUT2D eigenvalue weighted by Gasteiger charge is 2.95. The first-order valence-electron chi connectivity index (χ1n) is 10.7. The van der Waals surface area contributed by atoms with Gasteiger partial charge in [0.25, 0.3) is 5.91 Å². The van der Waals surface area contributed by atoms with E-state index in [0.29, 0.717) is 0 Å². The number of amides is 1. The van der Waals surface area contributed by atoms with Crippen molar-refractivity contribution in [3.63, 3.8) is 0 Å². The van der Waals surface area contributed by atoms with Gasteiger partial charge >= 0.3 is 47.6 Å². The highest BCUT2D eigenvalue weighted by Crippen LogP contribution is 2.64. The van der Waals surface area contributed by atoms with E-state index in [4.69, 9.17) is 0 Å². The first-order valence-corrected chi connectivity index (χ1v) is 10.7. The zero-order valence-corrected chi connectivity index (χ0v) is 19.9. The van der Waals surface area contributed by atoms with Crippen LogP contribution in [0.4, 0.5) is 74.6 Å². The lowest BCUT2D eigenvalue weighted by Crippen LogP contribution is -2.74. The molecule has 0 fully saturated rings. The van der Waals surface area contributed by atoms with E-state index in [2.05, 4.69) is 0 Å². The van der Waals surface area contributed by atoms with Gasteiger partial charge in [-0.1, -0.05) is 12.1 Å². The standard InChI is InChI=1S/C21H18F17NO/c1-3-39(4-2)13(40)12-7-5-11(6-8-12)9-10-14(22,23)15(24,25)16(26,27)17(28,29)18(30,31)19(32,33)20(34,35)21(36,37)38/h5-8H,3-4,9-10H2,1-2H3. The molecule has 1 rings (SSSR count). The molecule has 1 amide bonds. The first-order chi connectivity index (χ1) is 17.6. The Morgan fingerprint density at radius 2 is 0.925 bits per heavy atom. The molecule has 0 heterocycles. The lowest BCUT2D eigenvalue weighted by Gasteiger charge is -2.42. The van der Waals surface area contributed by atoms with Gasteiger partial charge in [-0.2, -0.15) is 74.6 Å². The smallest absolute Gasteiger partial charge is 0.339 e. The van der Waals surface area contributed by atoms with Crippen LogP contribution >= 0.6 is 0 Å². The summed E-state index contributed by atoms with van der Waals surface area (Å²) in [7, 11) is 0. The van der Waals surface area contributed by atoms with E-state index in [-0.39, 0.29) is 18.7 Å². The predicted octanol–water partition coefficient (Wildman–Crippen LogP) is 8.11. The molecule has 0 aliphatic rings. The van der Waals surface area contributed by atoms with Gasteiger partial charge in [0.05, 0.1) is 0 Å². The van der Waals surface area contributed by atoms with Gasteiger partial charge in [-0.15, -0.1) is 0 Å². The molecule has 0 aromatic heterocycles. The number of carbonyl (C=O) groups excluding carboxylic acids is 1. The molecule has 0 aliphatic heterocycles. The molecule has 0 aliphatic carbocycles. The Kier molecular flexibility index (Phi) is 9.52. The molecule has 2 nitrogen and oxygen atoms in total. The predicted molar refractivity (Wildman–Crippen MR) is 103 cm³/mol. The number of hydrogen-bond donors (Lipinski definition) is 0. The zero-order valence-electron chi connectivity index (χ0n) is 19.9. The fraction of sp³-hybridized carbons (Fsp3) is 0.667. The van der Waals surface area contributed by atoms with Crippen molar-refractivity contribution in [2.45, 2.75) is 74.3 Å².